The molecule has 0 aliphatic carbocycles. The molecule has 1 atom stereocenters. The number of hydrogen-bond donors (Lipinski definition) is 2. The highest BCUT2D eigenvalue weighted by atomic mass is 32.2. The molecule has 2 rings (SSSR count). The van der Waals surface area contributed by atoms with Gasteiger partial charge in [-0.1, -0.05) is 12.1 Å². The number of nitrogens with two attached hydrogens (primary N) is 1. The molecule has 8 nitrogen and oxygen atoms in total. The van der Waals surface area contributed by atoms with Gasteiger partial charge < -0.3 is 11.1 Å². The quantitative estimate of drug-likeness (QED) is 0.628. The molecule has 0 spiro atoms. The second-order valence-electron chi connectivity index (χ2n) is 6.15. The van der Waals surface area contributed by atoms with Gasteiger partial charge in [0.1, 0.15) is 6.20 Å². The van der Waals surface area contributed by atoms with Crippen LogP contribution < -0.4 is 11.1 Å². The van der Waals surface area contributed by atoms with Crippen molar-refractivity contribution in [1.82, 2.24) is 9.97 Å². The van der Waals surface area contributed by atoms with E-state index in [0.717, 1.165) is 11.8 Å². The van der Waals surface area contributed by atoms with Crippen molar-refractivity contribution in [2.75, 3.05) is 11.1 Å². The van der Waals surface area contributed by atoms with Crippen LogP contribution in [0.4, 0.5) is 23.1 Å². The van der Waals surface area contributed by atoms with E-state index in [0.29, 0.717) is 11.4 Å². The summed E-state index contributed by atoms with van der Waals surface area (Å²) in [5.41, 5.74) is 6.80. The Bertz CT molecular complexity index is 789. The summed E-state index contributed by atoms with van der Waals surface area (Å²) in [7, 11) is -1.01. The SMILES string of the molecule is CC(C)(C)S(=O)Cc1cccc(Nc2ncc([N+](=O)[O-])c(N)n2)c1. The van der Waals surface area contributed by atoms with Gasteiger partial charge in [-0.05, 0) is 38.5 Å². The summed E-state index contributed by atoms with van der Waals surface area (Å²) in [4.78, 5) is 17.8. The molecule has 0 amide bonds. The number of nitrogens with one attached hydrogen (secondary N) is 1. The summed E-state index contributed by atoms with van der Waals surface area (Å²) < 4.78 is 11.9. The highest BCUT2D eigenvalue weighted by Crippen LogP contribution is 2.22. The van der Waals surface area contributed by atoms with Gasteiger partial charge in [0.05, 0.1) is 4.92 Å². The first-order valence-electron chi connectivity index (χ1n) is 7.18. The first-order chi connectivity index (χ1) is 11.2. The van der Waals surface area contributed by atoms with Crippen molar-refractivity contribution in [3.05, 3.63) is 46.1 Å². The Balaban J connectivity index is 2.16. The largest absolute Gasteiger partial charge is 0.378 e. The molecule has 1 aromatic carbocycles. The molecule has 24 heavy (non-hydrogen) atoms. The molecule has 0 radical (unpaired) electrons. The second-order valence-corrected chi connectivity index (χ2v) is 8.35. The Kier molecular flexibility index (Phi) is 5.13. The zero-order chi connectivity index (χ0) is 17.9. The number of nitrogen functional groups attached to an aromatic ring is 1. The third kappa shape index (κ3) is 4.48. The summed E-state index contributed by atoms with van der Waals surface area (Å²) in [5, 5.41) is 13.7. The fourth-order valence-corrected chi connectivity index (χ4v) is 2.74. The average molecular weight is 349 g/mol. The molecular weight excluding hydrogens is 330 g/mol. The van der Waals surface area contributed by atoms with Gasteiger partial charge in [0, 0.05) is 27.0 Å². The summed E-state index contributed by atoms with van der Waals surface area (Å²) in [6.07, 6.45) is 1.06. The second kappa shape index (κ2) is 6.91. The molecule has 9 heteroatoms. The molecule has 0 saturated carbocycles. The maximum absolute atomic E-state index is 12.2. The Morgan fingerprint density at radius 3 is 2.67 bits per heavy atom. The lowest BCUT2D eigenvalue weighted by Crippen LogP contribution is -2.22. The first-order valence-corrected chi connectivity index (χ1v) is 8.50. The van der Waals surface area contributed by atoms with Gasteiger partial charge in [0.15, 0.2) is 0 Å². The molecular formula is C15H19N5O3S. The van der Waals surface area contributed by atoms with Crippen LogP contribution in [0.2, 0.25) is 0 Å². The zero-order valence-electron chi connectivity index (χ0n) is 13.6. The topological polar surface area (TPSA) is 124 Å². The predicted molar refractivity (Wildman–Crippen MR) is 94.4 cm³/mol. The fourth-order valence-electron chi connectivity index (χ4n) is 1.83. The number of hydrogen-bond acceptors (Lipinski definition) is 7. The summed E-state index contributed by atoms with van der Waals surface area (Å²) >= 11 is 0. The van der Waals surface area contributed by atoms with Crippen molar-refractivity contribution in [2.45, 2.75) is 31.3 Å². The number of aromatic nitrogens is 2. The van der Waals surface area contributed by atoms with Crippen molar-refractivity contribution in [3.63, 3.8) is 0 Å². The number of anilines is 3. The first kappa shape index (κ1) is 17.8. The Labute approximate surface area is 142 Å². The molecule has 0 saturated heterocycles. The van der Waals surface area contributed by atoms with E-state index in [2.05, 4.69) is 15.3 Å². The van der Waals surface area contributed by atoms with E-state index in [9.17, 15) is 14.3 Å². The van der Waals surface area contributed by atoms with Crippen molar-refractivity contribution >= 4 is 33.9 Å². The number of rotatable bonds is 5. The minimum absolute atomic E-state index is 0.159. The third-order valence-corrected chi connectivity index (χ3v) is 5.12. The zero-order valence-corrected chi connectivity index (χ0v) is 14.5. The number of nitrogens with zero attached hydrogens (tertiary/aromatic N) is 3. The third-order valence-electron chi connectivity index (χ3n) is 3.16. The molecule has 0 aliphatic heterocycles. The summed E-state index contributed by atoms with van der Waals surface area (Å²) in [6, 6.07) is 7.35. The van der Waals surface area contributed by atoms with E-state index in [-0.39, 0.29) is 22.2 Å². The van der Waals surface area contributed by atoms with Crippen LogP contribution in [0.15, 0.2) is 30.5 Å². The molecule has 0 bridgehead atoms. The molecule has 0 aliphatic rings. The van der Waals surface area contributed by atoms with E-state index in [1.807, 2.05) is 39.0 Å². The molecule has 3 N–H and O–H groups in total. The van der Waals surface area contributed by atoms with Crippen LogP contribution in [0.1, 0.15) is 26.3 Å². The van der Waals surface area contributed by atoms with Gasteiger partial charge in [-0.15, -0.1) is 0 Å². The van der Waals surface area contributed by atoms with Crippen molar-refractivity contribution in [2.24, 2.45) is 0 Å². The minimum atomic E-state index is -1.01. The fraction of sp³-hybridized carbons (Fsp3) is 0.333. The average Bonchev–Trinajstić information content (AvgIpc) is 2.46. The van der Waals surface area contributed by atoms with Gasteiger partial charge >= 0.3 is 5.69 Å². The van der Waals surface area contributed by atoms with Gasteiger partial charge in [-0.3, -0.25) is 14.3 Å². The van der Waals surface area contributed by atoms with Crippen LogP contribution in [-0.2, 0) is 16.6 Å². The van der Waals surface area contributed by atoms with Crippen molar-refractivity contribution < 1.29 is 9.13 Å². The summed E-state index contributed by atoms with van der Waals surface area (Å²) in [6.45, 7) is 5.79. The van der Waals surface area contributed by atoms with E-state index in [1.165, 1.54) is 0 Å². The van der Waals surface area contributed by atoms with Crippen LogP contribution >= 0.6 is 0 Å². The predicted octanol–water partition coefficient (Wildman–Crippen LogP) is 2.76. The highest BCUT2D eigenvalue weighted by Gasteiger charge is 2.19. The van der Waals surface area contributed by atoms with Crippen molar-refractivity contribution in [1.29, 1.82) is 0 Å². The summed E-state index contributed by atoms with van der Waals surface area (Å²) in [5.74, 6) is 0.386. The van der Waals surface area contributed by atoms with Crippen molar-refractivity contribution in [3.8, 4) is 0 Å². The normalized spacial score (nSPS) is 12.6. The van der Waals surface area contributed by atoms with E-state index < -0.39 is 15.7 Å². The molecule has 1 unspecified atom stereocenters. The van der Waals surface area contributed by atoms with Crippen LogP contribution in [0.25, 0.3) is 0 Å². The van der Waals surface area contributed by atoms with Gasteiger partial charge in [0.25, 0.3) is 0 Å². The molecule has 128 valence electrons. The van der Waals surface area contributed by atoms with Crippen LogP contribution in [0, 0.1) is 10.1 Å². The molecule has 0 fully saturated rings. The van der Waals surface area contributed by atoms with Gasteiger partial charge in [-0.2, -0.15) is 4.98 Å². The highest BCUT2D eigenvalue weighted by molar-refractivity contribution is 7.85. The standard InChI is InChI=1S/C15H19N5O3S/c1-15(2,3)24(23)9-10-5-4-6-11(7-10)18-14-17-8-12(20(21)22)13(16)19-14/h4-8H,9H2,1-3H3,(H3,16,17,18,19). The van der Waals surface area contributed by atoms with E-state index in [4.69, 9.17) is 5.73 Å². The van der Waals surface area contributed by atoms with Gasteiger partial charge in [0.2, 0.25) is 11.8 Å². The number of nitro groups is 1. The monoisotopic (exact) mass is 349 g/mol. The molecule has 2 aromatic rings. The maximum atomic E-state index is 12.2. The Morgan fingerprint density at radius 1 is 1.38 bits per heavy atom. The molecule has 1 aromatic heterocycles. The van der Waals surface area contributed by atoms with Gasteiger partial charge in [-0.25, -0.2) is 4.98 Å². The van der Waals surface area contributed by atoms with Crippen LogP contribution in [-0.4, -0.2) is 23.8 Å². The Hall–Kier alpha value is -2.55. The smallest absolute Gasteiger partial charge is 0.329 e. The Morgan fingerprint density at radius 2 is 2.08 bits per heavy atom. The van der Waals surface area contributed by atoms with Crippen LogP contribution in [0.5, 0.6) is 0 Å². The lowest BCUT2D eigenvalue weighted by atomic mass is 10.2. The lowest BCUT2D eigenvalue weighted by Gasteiger charge is -2.18. The van der Waals surface area contributed by atoms with E-state index in [1.54, 1.807) is 6.07 Å². The maximum Gasteiger partial charge on any atom is 0.329 e. The number of benzene rings is 1. The van der Waals surface area contributed by atoms with E-state index >= 15 is 0 Å². The minimum Gasteiger partial charge on any atom is -0.378 e. The van der Waals surface area contributed by atoms with Crippen LogP contribution in [0.3, 0.4) is 0 Å². The molecule has 1 heterocycles. The lowest BCUT2D eigenvalue weighted by molar-refractivity contribution is -0.384.